The molecule has 176 valence electrons. The Labute approximate surface area is 192 Å². The van der Waals surface area contributed by atoms with Crippen LogP contribution in [-0.2, 0) is 24.3 Å². The van der Waals surface area contributed by atoms with Crippen LogP contribution in [0.3, 0.4) is 0 Å². The Balaban J connectivity index is 1.97. The summed E-state index contributed by atoms with van der Waals surface area (Å²) in [6.07, 6.45) is 2.53. The Morgan fingerprint density at radius 2 is 1.91 bits per heavy atom. The third kappa shape index (κ3) is 6.18. The summed E-state index contributed by atoms with van der Waals surface area (Å²) >= 11 is 0. The fourth-order valence-electron chi connectivity index (χ4n) is 4.41. The van der Waals surface area contributed by atoms with E-state index in [9.17, 15) is 9.18 Å². The van der Waals surface area contributed by atoms with Crippen LogP contribution < -0.4 is 0 Å². The second kappa shape index (κ2) is 10.2. The maximum absolute atomic E-state index is 13.5. The average Bonchev–Trinajstić information content (AvgIpc) is 3.04. The number of amides is 1. The van der Waals surface area contributed by atoms with Gasteiger partial charge in [-0.05, 0) is 48.6 Å². The summed E-state index contributed by atoms with van der Waals surface area (Å²) in [5.74, 6) is 0.308. The van der Waals surface area contributed by atoms with Crippen LogP contribution in [0.25, 0.3) is 5.69 Å². The van der Waals surface area contributed by atoms with Crippen molar-refractivity contribution in [3.05, 3.63) is 47.0 Å². The van der Waals surface area contributed by atoms with Crippen LogP contribution in [0.1, 0.15) is 71.3 Å². The van der Waals surface area contributed by atoms with Crippen molar-refractivity contribution < 1.29 is 9.18 Å². The monoisotopic (exact) mass is 442 g/mol. The molecular formula is C26H39FN4O. The highest BCUT2D eigenvalue weighted by Crippen LogP contribution is 2.28. The first-order valence-corrected chi connectivity index (χ1v) is 11.9. The minimum absolute atomic E-state index is 0.0584. The third-order valence-electron chi connectivity index (χ3n) is 5.79. The quantitative estimate of drug-likeness (QED) is 0.564. The predicted octanol–water partition coefficient (Wildman–Crippen LogP) is 5.20. The third-order valence-corrected chi connectivity index (χ3v) is 5.79. The van der Waals surface area contributed by atoms with Crippen molar-refractivity contribution >= 4 is 5.91 Å². The lowest BCUT2D eigenvalue weighted by Crippen LogP contribution is -2.37. The molecular weight excluding hydrogens is 403 g/mol. The molecule has 1 aliphatic heterocycles. The van der Waals surface area contributed by atoms with Gasteiger partial charge in [0.25, 0.3) is 0 Å². The first-order chi connectivity index (χ1) is 15.1. The maximum Gasteiger partial charge on any atom is 0.223 e. The highest BCUT2D eigenvalue weighted by Gasteiger charge is 2.28. The number of rotatable bonds is 8. The normalized spacial score (nSPS) is 14.6. The number of aromatic nitrogens is 2. The lowest BCUT2D eigenvalue weighted by molar-refractivity contribution is -0.134. The van der Waals surface area contributed by atoms with Crippen LogP contribution in [0.5, 0.6) is 0 Å². The number of nitrogens with zero attached hydrogens (tertiary/aromatic N) is 4. The van der Waals surface area contributed by atoms with Gasteiger partial charge in [-0.1, -0.05) is 41.5 Å². The van der Waals surface area contributed by atoms with Gasteiger partial charge in [0.1, 0.15) is 5.82 Å². The Hall–Kier alpha value is -2.21. The molecule has 0 radical (unpaired) electrons. The molecule has 0 bridgehead atoms. The van der Waals surface area contributed by atoms with Crippen molar-refractivity contribution in [1.29, 1.82) is 0 Å². The molecule has 0 fully saturated rings. The van der Waals surface area contributed by atoms with Crippen LogP contribution in [0, 0.1) is 17.2 Å². The molecule has 0 aliphatic carbocycles. The van der Waals surface area contributed by atoms with E-state index in [1.165, 1.54) is 23.4 Å². The van der Waals surface area contributed by atoms with Crippen LogP contribution >= 0.6 is 0 Å². The lowest BCUT2D eigenvalue weighted by Gasteiger charge is -2.30. The van der Waals surface area contributed by atoms with E-state index in [-0.39, 0.29) is 17.1 Å². The maximum atomic E-state index is 13.5. The summed E-state index contributed by atoms with van der Waals surface area (Å²) in [6.45, 7) is 16.9. The van der Waals surface area contributed by atoms with Crippen molar-refractivity contribution in [2.24, 2.45) is 11.3 Å². The summed E-state index contributed by atoms with van der Waals surface area (Å²) in [4.78, 5) is 17.6. The van der Waals surface area contributed by atoms with Gasteiger partial charge in [0.2, 0.25) is 5.91 Å². The van der Waals surface area contributed by atoms with Gasteiger partial charge < -0.3 is 4.90 Å². The molecule has 2 heterocycles. The molecule has 1 aliphatic rings. The molecule has 1 amide bonds. The molecule has 0 spiro atoms. The van der Waals surface area contributed by atoms with Gasteiger partial charge >= 0.3 is 0 Å². The van der Waals surface area contributed by atoms with Gasteiger partial charge in [-0.15, -0.1) is 0 Å². The van der Waals surface area contributed by atoms with Crippen molar-refractivity contribution in [2.75, 3.05) is 19.6 Å². The number of hydrogen-bond acceptors (Lipinski definition) is 3. The van der Waals surface area contributed by atoms with E-state index in [1.54, 1.807) is 12.1 Å². The van der Waals surface area contributed by atoms with E-state index in [4.69, 9.17) is 5.10 Å². The van der Waals surface area contributed by atoms with Crippen LogP contribution in [0.2, 0.25) is 0 Å². The highest BCUT2D eigenvalue weighted by atomic mass is 19.1. The summed E-state index contributed by atoms with van der Waals surface area (Å²) in [6, 6.07) is 6.52. The number of benzene rings is 1. The first kappa shape index (κ1) is 24.4. The molecule has 2 aromatic rings. The molecule has 1 aromatic heterocycles. The van der Waals surface area contributed by atoms with E-state index in [0.29, 0.717) is 25.4 Å². The summed E-state index contributed by atoms with van der Waals surface area (Å²) in [5.41, 5.74) is 4.19. The molecule has 1 aromatic carbocycles. The number of halogens is 1. The topological polar surface area (TPSA) is 41.4 Å². The molecule has 5 nitrogen and oxygen atoms in total. The van der Waals surface area contributed by atoms with Crippen molar-refractivity contribution in [3.63, 3.8) is 0 Å². The summed E-state index contributed by atoms with van der Waals surface area (Å²) in [7, 11) is 0. The van der Waals surface area contributed by atoms with Crippen LogP contribution in [0.15, 0.2) is 24.3 Å². The fourth-order valence-corrected chi connectivity index (χ4v) is 4.41. The Kier molecular flexibility index (Phi) is 7.75. The SMILES string of the molecule is CCCN1CCc2c(c(CN(CC(C)C)C(=O)CC(C)(C)C)nn2-c2ccc(F)cc2)C1. The number of fused-ring (bicyclic) bond motifs is 1. The smallest absolute Gasteiger partial charge is 0.223 e. The minimum atomic E-state index is -0.250. The second-order valence-electron chi connectivity index (χ2n) is 10.7. The second-order valence-corrected chi connectivity index (χ2v) is 10.7. The zero-order valence-electron chi connectivity index (χ0n) is 20.6. The van der Waals surface area contributed by atoms with Crippen LogP contribution in [0.4, 0.5) is 4.39 Å². The predicted molar refractivity (Wildman–Crippen MR) is 127 cm³/mol. The Morgan fingerprint density at radius 3 is 2.50 bits per heavy atom. The fraction of sp³-hybridized carbons (Fsp3) is 0.615. The summed E-state index contributed by atoms with van der Waals surface area (Å²) < 4.78 is 15.5. The van der Waals surface area contributed by atoms with Crippen LogP contribution in [-0.4, -0.2) is 45.1 Å². The van der Waals surface area contributed by atoms with Crippen molar-refractivity contribution in [1.82, 2.24) is 19.6 Å². The molecule has 0 saturated carbocycles. The highest BCUT2D eigenvalue weighted by molar-refractivity contribution is 5.76. The largest absolute Gasteiger partial charge is 0.336 e. The standard InChI is InChI=1S/C26H39FN4O/c1-7-13-29-14-12-24-22(17-29)23(28-31(24)21-10-8-20(27)9-11-21)18-30(16-19(2)3)25(32)15-26(4,5)6/h8-11,19H,7,12-18H2,1-6H3. The van der Waals surface area contributed by atoms with Gasteiger partial charge in [0.05, 0.1) is 23.6 Å². The first-order valence-electron chi connectivity index (χ1n) is 11.9. The lowest BCUT2D eigenvalue weighted by atomic mass is 9.91. The zero-order chi connectivity index (χ0) is 23.5. The molecule has 0 N–H and O–H groups in total. The van der Waals surface area contributed by atoms with E-state index < -0.39 is 0 Å². The molecule has 0 saturated heterocycles. The molecule has 0 unspecified atom stereocenters. The van der Waals surface area contributed by atoms with Gasteiger partial charge in [0.15, 0.2) is 0 Å². The molecule has 3 rings (SSSR count). The van der Waals surface area contributed by atoms with Gasteiger partial charge in [-0.2, -0.15) is 5.10 Å². The van der Waals surface area contributed by atoms with Crippen molar-refractivity contribution in [3.8, 4) is 5.69 Å². The van der Waals surface area contributed by atoms with Crippen molar-refractivity contribution in [2.45, 2.75) is 73.9 Å². The Morgan fingerprint density at radius 1 is 1.22 bits per heavy atom. The van der Waals surface area contributed by atoms with Gasteiger partial charge in [-0.25, -0.2) is 9.07 Å². The molecule has 32 heavy (non-hydrogen) atoms. The molecule has 6 heteroatoms. The van der Waals surface area contributed by atoms with E-state index in [2.05, 4.69) is 46.4 Å². The summed E-state index contributed by atoms with van der Waals surface area (Å²) in [5, 5.41) is 4.99. The van der Waals surface area contributed by atoms with Gasteiger partial charge in [0, 0.05) is 38.0 Å². The molecule has 0 atom stereocenters. The number of carbonyl (C=O) groups excluding carboxylic acids is 1. The minimum Gasteiger partial charge on any atom is -0.336 e. The van der Waals surface area contributed by atoms with E-state index in [0.717, 1.165) is 43.9 Å². The van der Waals surface area contributed by atoms with E-state index >= 15 is 0 Å². The number of hydrogen-bond donors (Lipinski definition) is 0. The Bertz CT molecular complexity index is 911. The zero-order valence-corrected chi connectivity index (χ0v) is 20.6. The van der Waals surface area contributed by atoms with E-state index in [1.807, 2.05) is 9.58 Å². The van der Waals surface area contributed by atoms with Gasteiger partial charge in [-0.3, -0.25) is 9.69 Å². The number of carbonyl (C=O) groups is 1. The average molecular weight is 443 g/mol.